The summed E-state index contributed by atoms with van der Waals surface area (Å²) in [4.78, 5) is 3.15. The van der Waals surface area contributed by atoms with Gasteiger partial charge in [0.05, 0.1) is 11.3 Å². The van der Waals surface area contributed by atoms with Crippen molar-refractivity contribution in [2.75, 3.05) is 5.32 Å². The van der Waals surface area contributed by atoms with Gasteiger partial charge in [-0.2, -0.15) is 13.2 Å². The first-order valence-electron chi connectivity index (χ1n) is 7.95. The molecule has 25 heavy (non-hydrogen) atoms. The van der Waals surface area contributed by atoms with E-state index in [4.69, 9.17) is 6.42 Å². The number of anilines is 1. The van der Waals surface area contributed by atoms with Gasteiger partial charge in [0.15, 0.2) is 0 Å². The molecule has 0 saturated carbocycles. The molecule has 0 saturated heterocycles. The average molecular weight is 342 g/mol. The minimum absolute atomic E-state index is 0.609. The minimum Gasteiger partial charge on any atom is -0.359 e. The van der Waals surface area contributed by atoms with Crippen LogP contribution in [0.2, 0.25) is 0 Å². The number of fused-ring (bicyclic) bond motifs is 1. The van der Waals surface area contributed by atoms with Crippen LogP contribution in [0, 0.1) is 12.5 Å². The van der Waals surface area contributed by atoms with Gasteiger partial charge >= 0.3 is 6.18 Å². The number of aromatic amines is 1. The predicted molar refractivity (Wildman–Crippen MR) is 94.2 cm³/mol. The van der Waals surface area contributed by atoms with Crippen LogP contribution < -0.4 is 5.32 Å². The van der Waals surface area contributed by atoms with Gasteiger partial charge < -0.3 is 10.3 Å². The van der Waals surface area contributed by atoms with Gasteiger partial charge in [0, 0.05) is 23.1 Å². The summed E-state index contributed by atoms with van der Waals surface area (Å²) in [7, 11) is 0. The fourth-order valence-electron chi connectivity index (χ4n) is 2.86. The Morgan fingerprint density at radius 2 is 1.68 bits per heavy atom. The molecule has 5 heteroatoms. The van der Waals surface area contributed by atoms with Crippen LogP contribution in [0.1, 0.15) is 23.1 Å². The standard InChI is InChI=1S/C20H17F3N2/c1-2-24-19-13-25-18-11-8-15(12-17(18)19)5-3-4-14-6-9-16(10-7-14)20(21,22)23/h1,6-13,24-25H,3-5H2. The second kappa shape index (κ2) is 6.94. The Kier molecular flexibility index (Phi) is 4.71. The number of aryl methyl sites for hydroxylation is 2. The molecule has 0 atom stereocenters. The molecule has 128 valence electrons. The smallest absolute Gasteiger partial charge is 0.359 e. The minimum atomic E-state index is -4.28. The van der Waals surface area contributed by atoms with Crippen molar-refractivity contribution >= 4 is 16.6 Å². The van der Waals surface area contributed by atoms with Crippen molar-refractivity contribution < 1.29 is 13.2 Å². The van der Waals surface area contributed by atoms with Gasteiger partial charge in [0.25, 0.3) is 0 Å². The third kappa shape index (κ3) is 3.97. The molecule has 2 aromatic carbocycles. The van der Waals surface area contributed by atoms with Crippen LogP contribution in [-0.2, 0) is 19.0 Å². The molecule has 0 aliphatic carbocycles. The Hall–Kier alpha value is -2.87. The van der Waals surface area contributed by atoms with Crippen LogP contribution >= 0.6 is 0 Å². The fraction of sp³-hybridized carbons (Fsp3) is 0.200. The predicted octanol–water partition coefficient (Wildman–Crippen LogP) is 5.36. The molecule has 1 aromatic heterocycles. The third-order valence-corrected chi connectivity index (χ3v) is 4.17. The van der Waals surface area contributed by atoms with E-state index in [-0.39, 0.29) is 0 Å². The number of terminal acetylenes is 1. The van der Waals surface area contributed by atoms with E-state index in [1.807, 2.05) is 18.3 Å². The van der Waals surface area contributed by atoms with Crippen LogP contribution in [0.3, 0.4) is 0 Å². The zero-order chi connectivity index (χ0) is 17.9. The molecule has 1 heterocycles. The van der Waals surface area contributed by atoms with E-state index in [2.05, 4.69) is 22.4 Å². The summed E-state index contributed by atoms with van der Waals surface area (Å²) in [6.45, 7) is 0. The second-order valence-electron chi connectivity index (χ2n) is 5.90. The van der Waals surface area contributed by atoms with E-state index in [0.29, 0.717) is 0 Å². The van der Waals surface area contributed by atoms with E-state index in [9.17, 15) is 13.2 Å². The van der Waals surface area contributed by atoms with Gasteiger partial charge in [0.2, 0.25) is 0 Å². The van der Waals surface area contributed by atoms with Crippen molar-refractivity contribution in [2.45, 2.75) is 25.4 Å². The summed E-state index contributed by atoms with van der Waals surface area (Å²) < 4.78 is 37.7. The Bertz CT molecular complexity index is 899. The van der Waals surface area contributed by atoms with E-state index in [0.717, 1.165) is 53.5 Å². The Morgan fingerprint density at radius 3 is 2.36 bits per heavy atom. The summed E-state index contributed by atoms with van der Waals surface area (Å²) in [6.07, 6.45) is 5.27. The Morgan fingerprint density at radius 1 is 1.00 bits per heavy atom. The summed E-state index contributed by atoms with van der Waals surface area (Å²) in [5.41, 5.74) is 3.33. The first kappa shape index (κ1) is 17.0. The van der Waals surface area contributed by atoms with Crippen molar-refractivity contribution in [3.8, 4) is 12.5 Å². The lowest BCUT2D eigenvalue weighted by Gasteiger charge is -2.08. The maximum atomic E-state index is 12.6. The maximum Gasteiger partial charge on any atom is 0.416 e. The van der Waals surface area contributed by atoms with Crippen molar-refractivity contribution in [1.82, 2.24) is 4.98 Å². The molecular weight excluding hydrogens is 325 g/mol. The first-order chi connectivity index (χ1) is 12.0. The van der Waals surface area contributed by atoms with E-state index >= 15 is 0 Å². The molecule has 0 fully saturated rings. The van der Waals surface area contributed by atoms with Gasteiger partial charge in [-0.3, -0.25) is 0 Å². The normalized spacial score (nSPS) is 11.4. The summed E-state index contributed by atoms with van der Waals surface area (Å²) in [5.74, 6) is 0. The molecule has 0 spiro atoms. The number of benzene rings is 2. The Labute approximate surface area is 144 Å². The van der Waals surface area contributed by atoms with Crippen LogP contribution in [0.15, 0.2) is 48.7 Å². The highest BCUT2D eigenvalue weighted by atomic mass is 19.4. The highest BCUT2D eigenvalue weighted by Gasteiger charge is 2.29. The van der Waals surface area contributed by atoms with Gasteiger partial charge in [-0.1, -0.05) is 24.6 Å². The molecular formula is C20H17F3N2. The molecule has 3 aromatic rings. The molecule has 0 radical (unpaired) electrons. The van der Waals surface area contributed by atoms with Crippen LogP contribution in [-0.4, -0.2) is 4.98 Å². The molecule has 0 bridgehead atoms. The van der Waals surface area contributed by atoms with Gasteiger partial charge in [-0.25, -0.2) is 0 Å². The number of H-pyrrole nitrogens is 1. The van der Waals surface area contributed by atoms with Crippen molar-refractivity contribution in [1.29, 1.82) is 0 Å². The van der Waals surface area contributed by atoms with E-state index < -0.39 is 11.7 Å². The number of halogens is 3. The fourth-order valence-corrected chi connectivity index (χ4v) is 2.86. The van der Waals surface area contributed by atoms with Crippen LogP contribution in [0.4, 0.5) is 18.9 Å². The molecule has 3 rings (SSSR count). The monoisotopic (exact) mass is 342 g/mol. The van der Waals surface area contributed by atoms with E-state index in [1.54, 1.807) is 12.1 Å². The molecule has 0 unspecified atom stereocenters. The average Bonchev–Trinajstić information content (AvgIpc) is 2.97. The quantitative estimate of drug-likeness (QED) is 0.474. The highest BCUT2D eigenvalue weighted by molar-refractivity contribution is 5.93. The summed E-state index contributed by atoms with van der Waals surface area (Å²) >= 11 is 0. The zero-order valence-electron chi connectivity index (χ0n) is 13.5. The lowest BCUT2D eigenvalue weighted by molar-refractivity contribution is -0.137. The lowest BCUT2D eigenvalue weighted by Crippen LogP contribution is -2.04. The number of alkyl halides is 3. The number of hydrogen-bond acceptors (Lipinski definition) is 1. The van der Waals surface area contributed by atoms with Crippen molar-refractivity contribution in [3.63, 3.8) is 0 Å². The number of hydrogen-bond donors (Lipinski definition) is 2. The molecule has 0 amide bonds. The van der Waals surface area contributed by atoms with Crippen molar-refractivity contribution in [2.24, 2.45) is 0 Å². The molecule has 2 N–H and O–H groups in total. The van der Waals surface area contributed by atoms with E-state index in [1.165, 1.54) is 5.56 Å². The molecule has 0 aliphatic heterocycles. The molecule has 2 nitrogen and oxygen atoms in total. The SMILES string of the molecule is C#CNc1c[nH]c2ccc(CCCc3ccc(C(F)(F)F)cc3)cc12. The van der Waals surface area contributed by atoms with Gasteiger partial charge in [-0.15, -0.1) is 0 Å². The topological polar surface area (TPSA) is 27.8 Å². The largest absolute Gasteiger partial charge is 0.416 e. The molecule has 0 aliphatic rings. The lowest BCUT2D eigenvalue weighted by atomic mass is 10.0. The second-order valence-corrected chi connectivity index (χ2v) is 5.90. The zero-order valence-corrected chi connectivity index (χ0v) is 13.5. The van der Waals surface area contributed by atoms with Crippen molar-refractivity contribution in [3.05, 3.63) is 65.4 Å². The number of rotatable bonds is 5. The number of nitrogens with one attached hydrogen (secondary N) is 2. The highest BCUT2D eigenvalue weighted by Crippen LogP contribution is 2.29. The van der Waals surface area contributed by atoms with Crippen LogP contribution in [0.5, 0.6) is 0 Å². The van der Waals surface area contributed by atoms with Crippen LogP contribution in [0.25, 0.3) is 10.9 Å². The van der Waals surface area contributed by atoms with Gasteiger partial charge in [-0.05, 0) is 54.7 Å². The first-order valence-corrected chi connectivity index (χ1v) is 7.95. The number of aromatic nitrogens is 1. The summed E-state index contributed by atoms with van der Waals surface area (Å²) in [5, 5.41) is 3.89. The Balaban J connectivity index is 1.63. The summed E-state index contributed by atoms with van der Waals surface area (Å²) in [6, 6.07) is 13.9. The maximum absolute atomic E-state index is 12.6. The third-order valence-electron chi connectivity index (χ3n) is 4.17. The van der Waals surface area contributed by atoms with Gasteiger partial charge in [0.1, 0.15) is 0 Å².